The second-order valence-corrected chi connectivity index (χ2v) is 1.83. The summed E-state index contributed by atoms with van der Waals surface area (Å²) in [5.74, 6) is 0. The lowest BCUT2D eigenvalue weighted by molar-refractivity contribution is 0.772. The van der Waals surface area contributed by atoms with Crippen LogP contribution >= 0.6 is 0 Å². The van der Waals surface area contributed by atoms with Crippen LogP contribution in [0.1, 0.15) is 19.3 Å². The Balaban J connectivity index is 2.18. The normalized spacial score (nSPS) is 25.5. The summed E-state index contributed by atoms with van der Waals surface area (Å²) in [6.45, 7) is 0. The molecule has 0 heterocycles. The number of rotatable bonds is 0. The molecule has 1 atom stereocenters. The van der Waals surface area contributed by atoms with E-state index in [4.69, 9.17) is 5.73 Å². The van der Waals surface area contributed by atoms with Gasteiger partial charge in [-0.15, -0.1) is 0 Å². The molecule has 2 N–H and O–H groups in total. The molecule has 0 aromatic carbocycles. The molecule has 0 bridgehead atoms. The Hall–Kier alpha value is -0.0400. The average Bonchev–Trinajstić information content (AvgIpc) is 1.86. The SMILES string of the molecule is N[C@@H]1[CH]CCC1. The molecule has 0 unspecified atom stereocenters. The Morgan fingerprint density at radius 1 is 1.67 bits per heavy atom. The average molecular weight is 84.1 g/mol. The van der Waals surface area contributed by atoms with Crippen LogP contribution in [0.4, 0.5) is 0 Å². The highest BCUT2D eigenvalue weighted by molar-refractivity contribution is 4.85. The van der Waals surface area contributed by atoms with Crippen molar-refractivity contribution in [3.63, 3.8) is 0 Å². The van der Waals surface area contributed by atoms with E-state index in [-0.39, 0.29) is 0 Å². The van der Waals surface area contributed by atoms with Crippen molar-refractivity contribution < 1.29 is 0 Å². The maximum atomic E-state index is 5.48. The molecular weight excluding hydrogens is 74.1 g/mol. The van der Waals surface area contributed by atoms with Crippen molar-refractivity contribution in [1.82, 2.24) is 0 Å². The van der Waals surface area contributed by atoms with Crippen molar-refractivity contribution in [2.24, 2.45) is 5.73 Å². The molecule has 1 saturated carbocycles. The minimum Gasteiger partial charge on any atom is -0.327 e. The molecule has 0 aromatic heterocycles. The molecular formula is C5H10N. The first-order chi connectivity index (χ1) is 2.89. The zero-order valence-corrected chi connectivity index (χ0v) is 3.85. The van der Waals surface area contributed by atoms with E-state index in [9.17, 15) is 0 Å². The summed E-state index contributed by atoms with van der Waals surface area (Å²) in [5, 5.41) is 0. The molecule has 6 heavy (non-hydrogen) atoms. The highest BCUT2D eigenvalue weighted by atomic mass is 14.6. The van der Waals surface area contributed by atoms with Gasteiger partial charge in [0.15, 0.2) is 0 Å². The second kappa shape index (κ2) is 1.61. The van der Waals surface area contributed by atoms with Gasteiger partial charge in [-0.05, 0) is 19.3 Å². The van der Waals surface area contributed by atoms with Gasteiger partial charge in [-0.25, -0.2) is 0 Å². The van der Waals surface area contributed by atoms with E-state index in [0.29, 0.717) is 6.04 Å². The highest BCUT2D eigenvalue weighted by Crippen LogP contribution is 2.13. The summed E-state index contributed by atoms with van der Waals surface area (Å²) >= 11 is 0. The lowest BCUT2D eigenvalue weighted by atomic mass is 10.3. The molecule has 35 valence electrons. The predicted octanol–water partition coefficient (Wildman–Crippen LogP) is 0.702. The van der Waals surface area contributed by atoms with Crippen molar-refractivity contribution in [2.75, 3.05) is 0 Å². The Morgan fingerprint density at radius 3 is 2.67 bits per heavy atom. The fraction of sp³-hybridized carbons (Fsp3) is 0.800. The first-order valence-electron chi connectivity index (χ1n) is 2.48. The van der Waals surface area contributed by atoms with Crippen molar-refractivity contribution in [1.29, 1.82) is 0 Å². The summed E-state index contributed by atoms with van der Waals surface area (Å²) < 4.78 is 0. The van der Waals surface area contributed by atoms with Crippen LogP contribution in [0.5, 0.6) is 0 Å². The van der Waals surface area contributed by atoms with Crippen molar-refractivity contribution >= 4 is 0 Å². The maximum absolute atomic E-state index is 5.48. The van der Waals surface area contributed by atoms with Gasteiger partial charge in [-0.1, -0.05) is 6.42 Å². The molecule has 0 spiro atoms. The lowest BCUT2D eigenvalue weighted by Gasteiger charge is -1.92. The van der Waals surface area contributed by atoms with Gasteiger partial charge in [0, 0.05) is 6.04 Å². The monoisotopic (exact) mass is 84.1 g/mol. The smallest absolute Gasteiger partial charge is 0.00703 e. The molecule has 0 aromatic rings. The van der Waals surface area contributed by atoms with E-state index in [1.807, 2.05) is 0 Å². The molecule has 1 rings (SSSR count). The first-order valence-corrected chi connectivity index (χ1v) is 2.48. The van der Waals surface area contributed by atoms with E-state index in [2.05, 4.69) is 6.42 Å². The molecule has 1 aliphatic rings. The Kier molecular flexibility index (Phi) is 1.10. The molecule has 0 amide bonds. The van der Waals surface area contributed by atoms with Crippen LogP contribution in [0.3, 0.4) is 0 Å². The van der Waals surface area contributed by atoms with Crippen LogP contribution in [0.15, 0.2) is 0 Å². The first kappa shape index (κ1) is 4.13. The summed E-state index contributed by atoms with van der Waals surface area (Å²) in [6.07, 6.45) is 5.93. The largest absolute Gasteiger partial charge is 0.327 e. The number of nitrogens with two attached hydrogens (primary N) is 1. The standard InChI is InChI=1S/C5H10N/c6-5-3-1-2-4-5/h3,5H,1-2,4,6H2/t5-/m1/s1. The van der Waals surface area contributed by atoms with Crippen LogP contribution in [0.2, 0.25) is 0 Å². The zero-order valence-electron chi connectivity index (χ0n) is 3.85. The predicted molar refractivity (Wildman–Crippen MR) is 26.1 cm³/mol. The highest BCUT2D eigenvalue weighted by Gasteiger charge is 2.08. The lowest BCUT2D eigenvalue weighted by Crippen LogP contribution is -2.13. The molecule has 0 saturated heterocycles. The third kappa shape index (κ3) is 0.716. The Labute approximate surface area is 38.5 Å². The van der Waals surface area contributed by atoms with Crippen LogP contribution in [0.25, 0.3) is 0 Å². The molecule has 0 aliphatic heterocycles. The molecule has 1 fully saturated rings. The van der Waals surface area contributed by atoms with E-state index in [1.54, 1.807) is 0 Å². The second-order valence-electron chi connectivity index (χ2n) is 1.83. The third-order valence-corrected chi connectivity index (χ3v) is 1.21. The molecule has 1 heteroatoms. The molecule has 1 aliphatic carbocycles. The summed E-state index contributed by atoms with van der Waals surface area (Å²) in [6, 6.07) is 0.421. The quantitative estimate of drug-likeness (QED) is 0.459. The molecule has 1 nitrogen and oxygen atoms in total. The van der Waals surface area contributed by atoms with Gasteiger partial charge in [0.1, 0.15) is 0 Å². The van der Waals surface area contributed by atoms with E-state index >= 15 is 0 Å². The van der Waals surface area contributed by atoms with E-state index < -0.39 is 0 Å². The van der Waals surface area contributed by atoms with Gasteiger partial charge in [-0.3, -0.25) is 0 Å². The minimum atomic E-state index is 0.421. The summed E-state index contributed by atoms with van der Waals surface area (Å²) in [4.78, 5) is 0. The zero-order chi connectivity index (χ0) is 4.41. The van der Waals surface area contributed by atoms with Gasteiger partial charge in [0.05, 0.1) is 0 Å². The van der Waals surface area contributed by atoms with Gasteiger partial charge in [0.2, 0.25) is 0 Å². The van der Waals surface area contributed by atoms with E-state index in [1.165, 1.54) is 19.3 Å². The number of hydrogen-bond donors (Lipinski definition) is 1. The van der Waals surface area contributed by atoms with Gasteiger partial charge in [-0.2, -0.15) is 0 Å². The Bertz CT molecular complexity index is 37.2. The Morgan fingerprint density at radius 2 is 2.50 bits per heavy atom. The maximum Gasteiger partial charge on any atom is 0.00703 e. The minimum absolute atomic E-state index is 0.421. The fourth-order valence-electron chi connectivity index (χ4n) is 0.803. The van der Waals surface area contributed by atoms with Crippen LogP contribution in [0, 0.1) is 6.42 Å². The van der Waals surface area contributed by atoms with Crippen LogP contribution < -0.4 is 5.73 Å². The van der Waals surface area contributed by atoms with Gasteiger partial charge in [0.25, 0.3) is 0 Å². The van der Waals surface area contributed by atoms with E-state index in [0.717, 1.165) is 0 Å². The van der Waals surface area contributed by atoms with Gasteiger partial charge >= 0.3 is 0 Å². The van der Waals surface area contributed by atoms with Crippen molar-refractivity contribution in [3.8, 4) is 0 Å². The molecule has 1 radical (unpaired) electrons. The van der Waals surface area contributed by atoms with Crippen molar-refractivity contribution in [3.05, 3.63) is 6.42 Å². The fourth-order valence-corrected chi connectivity index (χ4v) is 0.803. The van der Waals surface area contributed by atoms with Gasteiger partial charge < -0.3 is 5.73 Å². The topological polar surface area (TPSA) is 26.0 Å². The number of hydrogen-bond acceptors (Lipinski definition) is 1. The summed E-state index contributed by atoms with van der Waals surface area (Å²) in [7, 11) is 0. The van der Waals surface area contributed by atoms with Crippen molar-refractivity contribution in [2.45, 2.75) is 25.3 Å². The van der Waals surface area contributed by atoms with Crippen LogP contribution in [-0.4, -0.2) is 6.04 Å². The van der Waals surface area contributed by atoms with Crippen LogP contribution in [-0.2, 0) is 0 Å². The summed E-state index contributed by atoms with van der Waals surface area (Å²) in [5.41, 5.74) is 5.48. The third-order valence-electron chi connectivity index (χ3n) is 1.21.